The fraction of sp³-hybridized carbons (Fsp3) is 0.185. The maximum Gasteiger partial charge on any atom is 0.252 e. The molecule has 1 atom stereocenters. The minimum Gasteiger partial charge on any atom is -0.497 e. The van der Waals surface area contributed by atoms with Gasteiger partial charge in [-0.1, -0.05) is 19.1 Å². The number of nitrogens with one attached hydrogen (secondary N) is 1. The van der Waals surface area contributed by atoms with Crippen LogP contribution in [0.2, 0.25) is 0 Å². The Hall–Kier alpha value is -4.46. The van der Waals surface area contributed by atoms with Crippen molar-refractivity contribution in [2.75, 3.05) is 7.11 Å². The smallest absolute Gasteiger partial charge is 0.252 e. The number of hydrogen-bond acceptors (Lipinski definition) is 6. The van der Waals surface area contributed by atoms with Crippen LogP contribution in [0.3, 0.4) is 0 Å². The molecule has 1 unspecified atom stereocenters. The Morgan fingerprint density at radius 3 is 2.69 bits per heavy atom. The topological polar surface area (TPSA) is 95.1 Å². The number of furan rings is 1. The number of ether oxygens (including phenoxy) is 1. The van der Waals surface area contributed by atoms with Crippen molar-refractivity contribution >= 4 is 16.9 Å². The summed E-state index contributed by atoms with van der Waals surface area (Å²) in [5.41, 5.74) is 3.58. The monoisotopic (exact) mass is 467 g/mol. The first-order chi connectivity index (χ1) is 17.2. The molecule has 0 aliphatic heterocycles. The van der Waals surface area contributed by atoms with Crippen molar-refractivity contribution in [1.82, 2.24) is 25.1 Å². The van der Waals surface area contributed by atoms with Crippen LogP contribution in [-0.4, -0.2) is 32.8 Å². The van der Waals surface area contributed by atoms with Gasteiger partial charge in [-0.25, -0.2) is 9.67 Å². The van der Waals surface area contributed by atoms with E-state index in [-0.39, 0.29) is 11.9 Å². The summed E-state index contributed by atoms with van der Waals surface area (Å²) in [7, 11) is 1.63. The molecule has 8 heteroatoms. The van der Waals surface area contributed by atoms with E-state index in [1.807, 2.05) is 55.5 Å². The third-order valence-corrected chi connectivity index (χ3v) is 5.93. The number of methoxy groups -OCH3 is 1. The third kappa shape index (κ3) is 4.63. The zero-order valence-electron chi connectivity index (χ0n) is 19.5. The highest BCUT2D eigenvalue weighted by Crippen LogP contribution is 2.27. The molecule has 0 aliphatic carbocycles. The van der Waals surface area contributed by atoms with Crippen LogP contribution in [0.1, 0.15) is 41.1 Å². The van der Waals surface area contributed by atoms with E-state index in [0.717, 1.165) is 29.1 Å². The molecule has 0 spiro atoms. The van der Waals surface area contributed by atoms with Gasteiger partial charge in [-0.15, -0.1) is 0 Å². The summed E-state index contributed by atoms with van der Waals surface area (Å²) in [4.78, 5) is 22.6. The van der Waals surface area contributed by atoms with Crippen molar-refractivity contribution in [3.05, 3.63) is 96.3 Å². The maximum atomic E-state index is 13.6. The van der Waals surface area contributed by atoms with Crippen molar-refractivity contribution in [1.29, 1.82) is 0 Å². The number of carbonyl (C=O) groups is 1. The quantitative estimate of drug-likeness (QED) is 0.344. The van der Waals surface area contributed by atoms with Gasteiger partial charge in [0.1, 0.15) is 18.1 Å². The van der Waals surface area contributed by atoms with E-state index in [1.165, 1.54) is 0 Å². The maximum absolute atomic E-state index is 13.6. The lowest BCUT2D eigenvalue weighted by Gasteiger charge is -2.18. The molecular formula is C27H25N5O3. The molecule has 0 aliphatic rings. The first-order valence-electron chi connectivity index (χ1n) is 11.4. The highest BCUT2D eigenvalue weighted by atomic mass is 16.5. The van der Waals surface area contributed by atoms with Crippen LogP contribution in [0.4, 0.5) is 0 Å². The summed E-state index contributed by atoms with van der Waals surface area (Å²) >= 11 is 0. The Morgan fingerprint density at radius 1 is 1.14 bits per heavy atom. The van der Waals surface area contributed by atoms with Crippen molar-refractivity contribution in [3.63, 3.8) is 0 Å². The molecule has 4 aromatic heterocycles. The van der Waals surface area contributed by atoms with Crippen molar-refractivity contribution in [2.24, 2.45) is 0 Å². The number of amides is 1. The van der Waals surface area contributed by atoms with E-state index in [0.29, 0.717) is 28.8 Å². The predicted molar refractivity (Wildman–Crippen MR) is 132 cm³/mol. The van der Waals surface area contributed by atoms with Crippen LogP contribution in [-0.2, 0) is 6.54 Å². The summed E-state index contributed by atoms with van der Waals surface area (Å²) in [6.45, 7) is 2.45. The molecule has 35 heavy (non-hydrogen) atoms. The van der Waals surface area contributed by atoms with Crippen LogP contribution in [0, 0.1) is 0 Å². The van der Waals surface area contributed by atoms with Gasteiger partial charge in [0.2, 0.25) is 0 Å². The number of hydrogen-bond donors (Lipinski definition) is 1. The molecule has 8 nitrogen and oxygen atoms in total. The van der Waals surface area contributed by atoms with E-state index < -0.39 is 0 Å². The lowest BCUT2D eigenvalue weighted by Crippen LogP contribution is -2.28. The van der Waals surface area contributed by atoms with Gasteiger partial charge in [-0.2, -0.15) is 5.10 Å². The normalized spacial score (nSPS) is 11.9. The number of benzene rings is 1. The van der Waals surface area contributed by atoms with Crippen LogP contribution in [0.5, 0.6) is 5.75 Å². The van der Waals surface area contributed by atoms with Gasteiger partial charge in [0, 0.05) is 18.0 Å². The minimum absolute atomic E-state index is 0.156. The van der Waals surface area contributed by atoms with E-state index in [2.05, 4.69) is 15.4 Å². The molecule has 4 heterocycles. The third-order valence-electron chi connectivity index (χ3n) is 5.93. The number of pyridine rings is 2. The summed E-state index contributed by atoms with van der Waals surface area (Å²) in [5, 5.41) is 8.37. The van der Waals surface area contributed by atoms with Crippen LogP contribution >= 0.6 is 0 Å². The Bertz CT molecular complexity index is 1430. The van der Waals surface area contributed by atoms with E-state index in [1.54, 1.807) is 42.7 Å². The molecular weight excluding hydrogens is 442 g/mol. The number of carbonyl (C=O) groups excluding carboxylic acids is 1. The van der Waals surface area contributed by atoms with Crippen LogP contribution in [0.25, 0.3) is 22.3 Å². The lowest BCUT2D eigenvalue weighted by molar-refractivity contribution is 0.0937. The number of rotatable bonds is 8. The molecule has 5 aromatic rings. The first kappa shape index (κ1) is 22.3. The van der Waals surface area contributed by atoms with Crippen molar-refractivity contribution in [3.8, 4) is 17.0 Å². The van der Waals surface area contributed by atoms with E-state index >= 15 is 0 Å². The van der Waals surface area contributed by atoms with Crippen LogP contribution in [0.15, 0.2) is 83.9 Å². The Balaban J connectivity index is 1.54. The predicted octanol–water partition coefficient (Wildman–Crippen LogP) is 5.02. The fourth-order valence-corrected chi connectivity index (χ4v) is 4.06. The summed E-state index contributed by atoms with van der Waals surface area (Å²) in [6, 6.07) is 16.9. The van der Waals surface area contributed by atoms with Gasteiger partial charge < -0.3 is 14.5 Å². The second-order valence-electron chi connectivity index (χ2n) is 8.12. The molecule has 1 aromatic carbocycles. The molecule has 1 amide bonds. The lowest BCUT2D eigenvalue weighted by atomic mass is 10.0. The molecule has 176 valence electrons. The van der Waals surface area contributed by atoms with Crippen molar-refractivity contribution < 1.29 is 13.9 Å². The molecule has 0 saturated carbocycles. The fourth-order valence-electron chi connectivity index (χ4n) is 4.06. The molecule has 0 fully saturated rings. The van der Waals surface area contributed by atoms with E-state index in [4.69, 9.17) is 14.1 Å². The SMILES string of the molecule is CCC(NC(=O)c1cc(-c2cccnc2)nc2c1cnn2Cc1ccco1)c1ccc(OC)cc1. The average Bonchev–Trinajstić information content (AvgIpc) is 3.57. The second-order valence-corrected chi connectivity index (χ2v) is 8.12. The average molecular weight is 468 g/mol. The highest BCUT2D eigenvalue weighted by Gasteiger charge is 2.21. The second kappa shape index (κ2) is 9.80. The van der Waals surface area contributed by atoms with Crippen LogP contribution < -0.4 is 10.1 Å². The molecule has 0 bridgehead atoms. The van der Waals surface area contributed by atoms with Gasteiger partial charge in [-0.3, -0.25) is 9.78 Å². The number of aromatic nitrogens is 4. The van der Waals surface area contributed by atoms with Gasteiger partial charge in [0.05, 0.1) is 42.3 Å². The summed E-state index contributed by atoms with van der Waals surface area (Å²) in [6.07, 6.45) is 7.48. The molecule has 1 N–H and O–H groups in total. The Labute approximate surface area is 202 Å². The number of fused-ring (bicyclic) bond motifs is 1. The number of nitrogens with zero attached hydrogens (tertiary/aromatic N) is 4. The summed E-state index contributed by atoms with van der Waals surface area (Å²) < 4.78 is 12.5. The highest BCUT2D eigenvalue weighted by molar-refractivity contribution is 6.06. The molecule has 0 saturated heterocycles. The molecule has 5 rings (SSSR count). The summed E-state index contributed by atoms with van der Waals surface area (Å²) in [5.74, 6) is 1.33. The standard InChI is InChI=1S/C27H25N5O3/c1-3-24(18-8-10-20(34-2)11-9-18)31-27(33)22-14-25(19-6-4-12-28-15-19)30-26-23(22)16-29-32(26)17-21-7-5-13-35-21/h4-16,24H,3,17H2,1-2H3,(H,31,33). The zero-order chi connectivity index (χ0) is 24.2. The zero-order valence-corrected chi connectivity index (χ0v) is 19.5. The van der Waals surface area contributed by atoms with Gasteiger partial charge in [0.15, 0.2) is 5.65 Å². The van der Waals surface area contributed by atoms with Gasteiger partial charge in [0.25, 0.3) is 5.91 Å². The first-order valence-corrected chi connectivity index (χ1v) is 11.4. The largest absolute Gasteiger partial charge is 0.497 e. The Kier molecular flexibility index (Phi) is 6.26. The molecule has 0 radical (unpaired) electrons. The van der Waals surface area contributed by atoms with Gasteiger partial charge in [-0.05, 0) is 54.4 Å². The Morgan fingerprint density at radius 2 is 2.00 bits per heavy atom. The van der Waals surface area contributed by atoms with Gasteiger partial charge >= 0.3 is 0 Å². The minimum atomic E-state index is -0.192. The van der Waals surface area contributed by atoms with E-state index in [9.17, 15) is 4.79 Å². The van der Waals surface area contributed by atoms with Crippen molar-refractivity contribution in [2.45, 2.75) is 25.9 Å².